The molecule has 168 valence electrons. The number of nitrogens with zero attached hydrogens (tertiary/aromatic N) is 4. The van der Waals surface area contributed by atoms with Gasteiger partial charge < -0.3 is 15.0 Å². The molecule has 4 rings (SSSR count). The first-order valence-electron chi connectivity index (χ1n) is 10.7. The summed E-state index contributed by atoms with van der Waals surface area (Å²) in [6.45, 7) is 9.19. The molecule has 0 saturated carbocycles. The molecule has 1 aliphatic heterocycles. The van der Waals surface area contributed by atoms with Crippen molar-refractivity contribution < 1.29 is 14.3 Å². The average Bonchev–Trinajstić information content (AvgIpc) is 3.34. The number of fused-ring (bicyclic) bond motifs is 1. The number of ether oxygens (including phenoxy) is 1. The van der Waals surface area contributed by atoms with Crippen LogP contribution in [0.3, 0.4) is 0 Å². The van der Waals surface area contributed by atoms with E-state index in [0.717, 1.165) is 24.8 Å². The monoisotopic (exact) mass is 446 g/mol. The highest BCUT2D eigenvalue weighted by Crippen LogP contribution is 2.44. The first kappa shape index (κ1) is 21.8. The molecule has 0 unspecified atom stereocenters. The molecule has 2 aromatic heterocycles. The Morgan fingerprint density at radius 1 is 1.32 bits per heavy atom. The fraction of sp³-hybridized carbons (Fsp3) is 0.619. The van der Waals surface area contributed by atoms with Crippen LogP contribution >= 0.6 is 11.3 Å². The van der Waals surface area contributed by atoms with Crippen molar-refractivity contribution in [2.45, 2.75) is 52.6 Å². The lowest BCUT2D eigenvalue weighted by molar-refractivity contribution is 0.0303. The molecule has 31 heavy (non-hydrogen) atoms. The summed E-state index contributed by atoms with van der Waals surface area (Å²) in [5, 5.41) is 10.6. The molecule has 9 nitrogen and oxygen atoms in total. The number of amides is 3. The maximum absolute atomic E-state index is 13.4. The number of urea groups is 1. The fourth-order valence-corrected chi connectivity index (χ4v) is 5.65. The van der Waals surface area contributed by atoms with Crippen LogP contribution in [0.15, 0.2) is 12.7 Å². The minimum Gasteiger partial charge on any atom is -0.378 e. The third-order valence-electron chi connectivity index (χ3n) is 5.83. The van der Waals surface area contributed by atoms with Crippen molar-refractivity contribution in [1.82, 2.24) is 25.0 Å². The van der Waals surface area contributed by atoms with Crippen LogP contribution in [-0.2, 0) is 24.1 Å². The number of carbonyl (C=O) groups is 2. The Labute approximate surface area is 186 Å². The Kier molecular flexibility index (Phi) is 6.29. The van der Waals surface area contributed by atoms with Crippen molar-refractivity contribution >= 4 is 28.3 Å². The van der Waals surface area contributed by atoms with Gasteiger partial charge in [-0.05, 0) is 37.2 Å². The van der Waals surface area contributed by atoms with Crippen LogP contribution in [0.1, 0.15) is 48.0 Å². The van der Waals surface area contributed by atoms with Gasteiger partial charge in [0.15, 0.2) is 0 Å². The zero-order valence-corrected chi connectivity index (χ0v) is 19.1. The maximum Gasteiger partial charge on any atom is 0.320 e. The minimum absolute atomic E-state index is 0.00790. The molecule has 1 fully saturated rings. The van der Waals surface area contributed by atoms with Gasteiger partial charge in [0.2, 0.25) is 0 Å². The SMILES string of the molecule is C[C@@H](Cn1cncn1)NC(=O)Nc1sc2c(c1C(=O)N1CCOCC1)CCC(C)(C)C2. The van der Waals surface area contributed by atoms with E-state index in [1.165, 1.54) is 22.5 Å². The first-order chi connectivity index (χ1) is 14.8. The number of hydrogen-bond donors (Lipinski definition) is 2. The van der Waals surface area contributed by atoms with E-state index in [2.05, 4.69) is 34.6 Å². The topological polar surface area (TPSA) is 101 Å². The molecule has 0 bridgehead atoms. The summed E-state index contributed by atoms with van der Waals surface area (Å²) in [7, 11) is 0. The van der Waals surface area contributed by atoms with E-state index >= 15 is 0 Å². The second-order valence-corrected chi connectivity index (χ2v) is 10.2. The molecular formula is C21H30N6O3S. The predicted octanol–water partition coefficient (Wildman–Crippen LogP) is 2.54. The Bertz CT molecular complexity index is 933. The molecule has 1 atom stereocenters. The number of morpholine rings is 1. The van der Waals surface area contributed by atoms with Crippen LogP contribution in [0, 0.1) is 5.41 Å². The van der Waals surface area contributed by atoms with Crippen molar-refractivity contribution in [3.05, 3.63) is 28.7 Å². The van der Waals surface area contributed by atoms with E-state index in [1.807, 2.05) is 11.8 Å². The molecule has 0 aromatic carbocycles. The summed E-state index contributed by atoms with van der Waals surface area (Å²) >= 11 is 1.54. The zero-order valence-electron chi connectivity index (χ0n) is 18.3. The first-order valence-corrected chi connectivity index (χ1v) is 11.6. The number of thiophene rings is 1. The fourth-order valence-electron chi connectivity index (χ4n) is 4.16. The van der Waals surface area contributed by atoms with Gasteiger partial charge in [0.1, 0.15) is 17.7 Å². The van der Waals surface area contributed by atoms with Crippen LogP contribution in [-0.4, -0.2) is 63.9 Å². The quantitative estimate of drug-likeness (QED) is 0.735. The van der Waals surface area contributed by atoms with Crippen LogP contribution in [0.5, 0.6) is 0 Å². The number of nitrogens with one attached hydrogen (secondary N) is 2. The molecule has 0 spiro atoms. The molecular weight excluding hydrogens is 416 g/mol. The number of carbonyl (C=O) groups excluding carboxylic acids is 2. The Morgan fingerprint density at radius 2 is 2.10 bits per heavy atom. The van der Waals surface area contributed by atoms with Gasteiger partial charge >= 0.3 is 6.03 Å². The van der Waals surface area contributed by atoms with E-state index in [0.29, 0.717) is 43.4 Å². The molecule has 2 aromatic rings. The normalized spacial score (nSPS) is 18.9. The van der Waals surface area contributed by atoms with Crippen molar-refractivity contribution in [3.63, 3.8) is 0 Å². The summed E-state index contributed by atoms with van der Waals surface area (Å²) in [6.07, 6.45) is 5.89. The van der Waals surface area contributed by atoms with Crippen LogP contribution in [0.2, 0.25) is 0 Å². The van der Waals surface area contributed by atoms with Gasteiger partial charge in [0.25, 0.3) is 5.91 Å². The standard InChI is InChI=1S/C21H30N6O3S/c1-14(11-27-13-22-12-23-27)24-20(29)25-18-17(19(28)26-6-8-30-9-7-26)15-4-5-21(2,3)10-16(15)31-18/h12-14H,4-11H2,1-3H3,(H2,24,25,29)/t14-/m0/s1. The lowest BCUT2D eigenvalue weighted by Gasteiger charge is -2.31. The van der Waals surface area contributed by atoms with Gasteiger partial charge in [0.05, 0.1) is 25.3 Å². The van der Waals surface area contributed by atoms with E-state index in [9.17, 15) is 9.59 Å². The minimum atomic E-state index is -0.318. The number of anilines is 1. The summed E-state index contributed by atoms with van der Waals surface area (Å²) in [6, 6.07) is -0.463. The maximum atomic E-state index is 13.4. The van der Waals surface area contributed by atoms with Gasteiger partial charge in [-0.3, -0.25) is 14.8 Å². The predicted molar refractivity (Wildman–Crippen MR) is 118 cm³/mol. The second kappa shape index (κ2) is 8.96. The molecule has 0 radical (unpaired) electrons. The second-order valence-electron chi connectivity index (χ2n) is 9.07. The molecule has 3 amide bonds. The van der Waals surface area contributed by atoms with Gasteiger partial charge in [-0.15, -0.1) is 11.3 Å². The number of aromatic nitrogens is 3. The zero-order chi connectivity index (χ0) is 22.0. The van der Waals surface area contributed by atoms with E-state index < -0.39 is 0 Å². The highest BCUT2D eigenvalue weighted by Gasteiger charge is 2.34. The third-order valence-corrected chi connectivity index (χ3v) is 6.97. The Morgan fingerprint density at radius 3 is 2.81 bits per heavy atom. The van der Waals surface area contributed by atoms with E-state index in [1.54, 1.807) is 11.0 Å². The Hall–Kier alpha value is -2.46. The number of hydrogen-bond acceptors (Lipinski definition) is 6. The van der Waals surface area contributed by atoms with Crippen LogP contribution in [0.4, 0.5) is 9.80 Å². The van der Waals surface area contributed by atoms with Crippen LogP contribution in [0.25, 0.3) is 0 Å². The van der Waals surface area contributed by atoms with Crippen molar-refractivity contribution in [3.8, 4) is 0 Å². The summed E-state index contributed by atoms with van der Waals surface area (Å²) in [4.78, 5) is 33.1. The van der Waals surface area contributed by atoms with Crippen molar-refractivity contribution in [1.29, 1.82) is 0 Å². The molecule has 1 saturated heterocycles. The highest BCUT2D eigenvalue weighted by atomic mass is 32.1. The molecule has 1 aliphatic carbocycles. The molecule has 2 aliphatic rings. The van der Waals surface area contributed by atoms with Gasteiger partial charge in [0, 0.05) is 24.0 Å². The average molecular weight is 447 g/mol. The Balaban J connectivity index is 1.53. The summed E-state index contributed by atoms with van der Waals surface area (Å²) < 4.78 is 7.08. The van der Waals surface area contributed by atoms with Crippen molar-refractivity contribution in [2.75, 3.05) is 31.6 Å². The third kappa shape index (κ3) is 5.07. The van der Waals surface area contributed by atoms with E-state index in [-0.39, 0.29) is 23.4 Å². The lowest BCUT2D eigenvalue weighted by Crippen LogP contribution is -2.42. The highest BCUT2D eigenvalue weighted by molar-refractivity contribution is 7.17. The molecule has 3 heterocycles. The largest absolute Gasteiger partial charge is 0.378 e. The number of rotatable bonds is 5. The lowest BCUT2D eigenvalue weighted by atomic mass is 9.77. The molecule has 10 heteroatoms. The van der Waals surface area contributed by atoms with Crippen molar-refractivity contribution in [2.24, 2.45) is 5.41 Å². The molecule has 2 N–H and O–H groups in total. The van der Waals surface area contributed by atoms with Crippen LogP contribution < -0.4 is 10.6 Å². The summed E-state index contributed by atoms with van der Waals surface area (Å²) in [5.74, 6) is -0.00790. The van der Waals surface area contributed by atoms with Gasteiger partial charge in [-0.2, -0.15) is 5.10 Å². The van der Waals surface area contributed by atoms with Gasteiger partial charge in [-0.1, -0.05) is 13.8 Å². The van der Waals surface area contributed by atoms with E-state index in [4.69, 9.17) is 4.74 Å². The summed E-state index contributed by atoms with van der Waals surface area (Å²) in [5.41, 5.74) is 1.96. The smallest absolute Gasteiger partial charge is 0.320 e. The van der Waals surface area contributed by atoms with Gasteiger partial charge in [-0.25, -0.2) is 9.78 Å².